The molecule has 15 heavy (non-hydrogen) atoms. The summed E-state index contributed by atoms with van der Waals surface area (Å²) in [6.45, 7) is 1.75. The summed E-state index contributed by atoms with van der Waals surface area (Å²) in [4.78, 5) is 1.73. The largest absolute Gasteiger partial charge is 0.375 e. The van der Waals surface area contributed by atoms with Gasteiger partial charge in [0.2, 0.25) is 0 Å². The summed E-state index contributed by atoms with van der Waals surface area (Å²) in [6.07, 6.45) is 1.50. The second kappa shape index (κ2) is 7.07. The Balaban J connectivity index is 4.01. The average molecular weight is 246 g/mol. The summed E-state index contributed by atoms with van der Waals surface area (Å²) in [5.74, 6) is 0. The number of hydrogen-bond donors (Lipinski definition) is 3. The van der Waals surface area contributed by atoms with Crippen molar-refractivity contribution in [2.75, 3.05) is 14.1 Å². The summed E-state index contributed by atoms with van der Waals surface area (Å²) in [5.41, 5.74) is 10.9. The van der Waals surface area contributed by atoms with Crippen molar-refractivity contribution in [3.05, 3.63) is 0 Å². The van der Waals surface area contributed by atoms with E-state index in [9.17, 15) is 0 Å². The smallest absolute Gasteiger partial charge is 0.189 e. The Morgan fingerprint density at radius 2 is 1.93 bits per heavy atom. The van der Waals surface area contributed by atoms with Gasteiger partial charge in [0.25, 0.3) is 0 Å². The molecule has 0 rings (SSSR count). The van der Waals surface area contributed by atoms with Crippen LogP contribution in [0.3, 0.4) is 0 Å². The van der Waals surface area contributed by atoms with Crippen molar-refractivity contribution in [2.45, 2.75) is 6.92 Å². The fraction of sp³-hybridized carbons (Fsp3) is 0.429. The van der Waals surface area contributed by atoms with E-state index >= 15 is 0 Å². The van der Waals surface area contributed by atoms with E-state index in [0.717, 1.165) is 0 Å². The molecule has 0 atom stereocenters. The van der Waals surface area contributed by atoms with Crippen molar-refractivity contribution in [3.8, 4) is 0 Å². The minimum absolute atomic E-state index is 0.111. The SMILES string of the molecule is CC(/C=N/NC(=S)N(C)C)=N\NC(N)=S. The molecule has 0 radical (unpaired) electrons. The van der Waals surface area contributed by atoms with Gasteiger partial charge in [-0.2, -0.15) is 10.2 Å². The van der Waals surface area contributed by atoms with E-state index in [4.69, 9.17) is 18.0 Å². The van der Waals surface area contributed by atoms with Crippen LogP contribution >= 0.6 is 24.4 Å². The van der Waals surface area contributed by atoms with Gasteiger partial charge < -0.3 is 10.6 Å². The molecule has 4 N–H and O–H groups in total. The maximum Gasteiger partial charge on any atom is 0.189 e. The van der Waals surface area contributed by atoms with Crippen molar-refractivity contribution in [2.24, 2.45) is 15.9 Å². The Hall–Kier alpha value is -1.28. The summed E-state index contributed by atoms with van der Waals surface area (Å²) in [6, 6.07) is 0. The van der Waals surface area contributed by atoms with E-state index < -0.39 is 0 Å². The van der Waals surface area contributed by atoms with Crippen LogP contribution in [0.5, 0.6) is 0 Å². The predicted molar refractivity (Wildman–Crippen MR) is 70.9 cm³/mol. The fourth-order valence-corrected chi connectivity index (χ4v) is 0.551. The molecule has 0 heterocycles. The van der Waals surface area contributed by atoms with Crippen LogP contribution in [0, 0.1) is 0 Å². The number of hydrogen-bond acceptors (Lipinski definition) is 4. The van der Waals surface area contributed by atoms with Crippen LogP contribution < -0.4 is 16.6 Å². The van der Waals surface area contributed by atoms with E-state index in [1.165, 1.54) is 6.21 Å². The average Bonchev–Trinajstić information content (AvgIpc) is 2.14. The number of nitrogens with two attached hydrogens (primary N) is 1. The van der Waals surface area contributed by atoms with Crippen LogP contribution in [-0.4, -0.2) is 41.1 Å². The summed E-state index contributed by atoms with van der Waals surface area (Å²) >= 11 is 9.52. The van der Waals surface area contributed by atoms with Gasteiger partial charge in [0.05, 0.1) is 11.9 Å². The second-order valence-corrected chi connectivity index (χ2v) is 3.63. The Bertz CT molecular complexity index is 296. The molecule has 0 spiro atoms. The topological polar surface area (TPSA) is 78.0 Å². The summed E-state index contributed by atoms with van der Waals surface area (Å²) in [7, 11) is 3.64. The van der Waals surface area contributed by atoms with E-state index in [2.05, 4.69) is 33.3 Å². The highest BCUT2D eigenvalue weighted by atomic mass is 32.1. The van der Waals surface area contributed by atoms with Gasteiger partial charge in [-0.3, -0.25) is 10.9 Å². The molecule has 0 aliphatic heterocycles. The molecular formula is C7H14N6S2. The Morgan fingerprint density at radius 1 is 1.33 bits per heavy atom. The third-order valence-corrected chi connectivity index (χ3v) is 1.71. The highest BCUT2D eigenvalue weighted by molar-refractivity contribution is 7.80. The normalized spacial score (nSPS) is 11.3. The van der Waals surface area contributed by atoms with E-state index in [0.29, 0.717) is 10.8 Å². The van der Waals surface area contributed by atoms with E-state index in [1.54, 1.807) is 11.8 Å². The molecule has 0 aromatic carbocycles. The molecule has 0 bridgehead atoms. The van der Waals surface area contributed by atoms with Crippen molar-refractivity contribution < 1.29 is 0 Å². The molecule has 0 aromatic rings. The van der Waals surface area contributed by atoms with Gasteiger partial charge in [-0.15, -0.1) is 0 Å². The first-order valence-corrected chi connectivity index (χ1v) is 4.85. The van der Waals surface area contributed by atoms with Crippen molar-refractivity contribution in [1.82, 2.24) is 15.8 Å². The van der Waals surface area contributed by atoms with Crippen molar-refractivity contribution in [3.63, 3.8) is 0 Å². The third-order valence-electron chi connectivity index (χ3n) is 1.16. The lowest BCUT2D eigenvalue weighted by molar-refractivity contribution is 0.606. The monoisotopic (exact) mass is 246 g/mol. The quantitative estimate of drug-likeness (QED) is 0.358. The highest BCUT2D eigenvalue weighted by Crippen LogP contribution is 1.77. The number of hydrazone groups is 2. The first-order chi connectivity index (χ1) is 6.93. The van der Waals surface area contributed by atoms with Gasteiger partial charge in [-0.25, -0.2) is 0 Å². The van der Waals surface area contributed by atoms with Crippen molar-refractivity contribution >= 4 is 46.6 Å². The zero-order valence-electron chi connectivity index (χ0n) is 8.81. The second-order valence-electron chi connectivity index (χ2n) is 2.80. The Morgan fingerprint density at radius 3 is 2.40 bits per heavy atom. The minimum Gasteiger partial charge on any atom is -0.375 e. The van der Waals surface area contributed by atoms with Crippen LogP contribution in [0.1, 0.15) is 6.92 Å². The molecular weight excluding hydrogens is 232 g/mol. The van der Waals surface area contributed by atoms with Gasteiger partial charge in [0.1, 0.15) is 0 Å². The summed E-state index contributed by atoms with van der Waals surface area (Å²) < 4.78 is 0. The van der Waals surface area contributed by atoms with Gasteiger partial charge in [-0.1, -0.05) is 0 Å². The molecule has 0 amide bonds. The lowest BCUT2D eigenvalue weighted by atomic mass is 10.5. The molecule has 0 saturated carbocycles. The van der Waals surface area contributed by atoms with E-state index in [-0.39, 0.29) is 5.11 Å². The Labute approximate surface area is 99.6 Å². The van der Waals surface area contributed by atoms with Crippen LogP contribution in [-0.2, 0) is 0 Å². The van der Waals surface area contributed by atoms with Crippen LogP contribution in [0.15, 0.2) is 10.2 Å². The highest BCUT2D eigenvalue weighted by Gasteiger charge is 1.93. The van der Waals surface area contributed by atoms with Gasteiger partial charge in [-0.05, 0) is 31.4 Å². The van der Waals surface area contributed by atoms with Gasteiger partial charge in [0.15, 0.2) is 10.2 Å². The van der Waals surface area contributed by atoms with Gasteiger partial charge >= 0.3 is 0 Å². The lowest BCUT2D eigenvalue weighted by Crippen LogP contribution is -2.31. The number of nitrogens with one attached hydrogen (secondary N) is 2. The predicted octanol–water partition coefficient (Wildman–Crippen LogP) is -0.383. The van der Waals surface area contributed by atoms with Gasteiger partial charge in [0, 0.05) is 14.1 Å². The molecule has 8 heteroatoms. The first kappa shape index (κ1) is 13.7. The molecule has 0 unspecified atom stereocenters. The lowest BCUT2D eigenvalue weighted by Gasteiger charge is -2.11. The minimum atomic E-state index is 0.111. The molecule has 6 nitrogen and oxygen atoms in total. The molecule has 0 aliphatic rings. The fourth-order valence-electron chi connectivity index (χ4n) is 0.453. The number of nitrogens with zero attached hydrogens (tertiary/aromatic N) is 3. The maximum atomic E-state index is 5.18. The number of thiocarbonyl (C=S) groups is 2. The first-order valence-electron chi connectivity index (χ1n) is 4.03. The van der Waals surface area contributed by atoms with E-state index in [1.807, 2.05) is 14.1 Å². The standard InChI is InChI=1S/C7H14N6S2/c1-5(10-11-6(8)14)4-9-12-7(15)13(2)3/h4H,1-3H3,(H,12,15)(H3,8,11,14)/b9-4+,10-5+. The molecule has 0 aromatic heterocycles. The third kappa shape index (κ3) is 7.77. The maximum absolute atomic E-state index is 5.18. The number of rotatable bonds is 3. The zero-order chi connectivity index (χ0) is 11.8. The molecule has 0 fully saturated rings. The van der Waals surface area contributed by atoms with Crippen LogP contribution in [0.25, 0.3) is 0 Å². The summed E-state index contributed by atoms with van der Waals surface area (Å²) in [5, 5.41) is 8.30. The van der Waals surface area contributed by atoms with Crippen LogP contribution in [0.2, 0.25) is 0 Å². The molecule has 84 valence electrons. The zero-order valence-corrected chi connectivity index (χ0v) is 10.4. The van der Waals surface area contributed by atoms with Crippen LogP contribution in [0.4, 0.5) is 0 Å². The Kier molecular flexibility index (Phi) is 6.47. The molecule has 0 saturated heterocycles. The molecule has 0 aliphatic carbocycles. The van der Waals surface area contributed by atoms with Crippen molar-refractivity contribution in [1.29, 1.82) is 0 Å².